The van der Waals surface area contributed by atoms with Crippen LogP contribution in [0.4, 0.5) is 5.69 Å². The summed E-state index contributed by atoms with van der Waals surface area (Å²) in [6.45, 7) is 2.17. The summed E-state index contributed by atoms with van der Waals surface area (Å²) in [5.74, 6) is 0.0429. The van der Waals surface area contributed by atoms with Gasteiger partial charge in [0.1, 0.15) is 5.75 Å². The molecule has 2 aromatic carbocycles. The first-order chi connectivity index (χ1) is 14.2. The van der Waals surface area contributed by atoms with E-state index in [1.54, 1.807) is 4.90 Å². The minimum atomic E-state index is -3.71. The molecule has 0 fully saturated rings. The number of carbonyl (C=O) groups excluding carboxylic acids is 1. The van der Waals surface area contributed by atoms with E-state index in [4.69, 9.17) is 21.1 Å². The standard InChI is InChI=1S/C20H22BrClN2O5S/c1-13-9-14-10-15(21)3-5-18(14)24(13)20(25)12-29-19-6-4-16(11-17(19)22)30(26,27)23-7-8-28-2/h3-6,10-11,13,23H,7-9,12H2,1-2H3/t13-/m0/s1. The Morgan fingerprint density at radius 1 is 1.30 bits per heavy atom. The van der Waals surface area contributed by atoms with Crippen molar-refractivity contribution < 1.29 is 22.7 Å². The molecule has 0 aliphatic carbocycles. The van der Waals surface area contributed by atoms with Crippen LogP contribution in [0.1, 0.15) is 12.5 Å². The lowest BCUT2D eigenvalue weighted by Crippen LogP contribution is -2.39. The monoisotopic (exact) mass is 516 g/mol. The van der Waals surface area contributed by atoms with E-state index in [2.05, 4.69) is 20.7 Å². The quantitative estimate of drug-likeness (QED) is 0.543. The molecule has 1 aliphatic heterocycles. The third-order valence-electron chi connectivity index (χ3n) is 4.69. The zero-order valence-electron chi connectivity index (χ0n) is 16.5. The number of hydrogen-bond donors (Lipinski definition) is 1. The van der Waals surface area contributed by atoms with Crippen LogP contribution in [-0.2, 0) is 26.0 Å². The summed E-state index contributed by atoms with van der Waals surface area (Å²) in [6, 6.07) is 9.95. The third-order valence-corrected chi connectivity index (χ3v) is 6.94. The van der Waals surface area contributed by atoms with Crippen molar-refractivity contribution in [1.82, 2.24) is 4.72 Å². The first-order valence-corrected chi connectivity index (χ1v) is 11.9. The van der Waals surface area contributed by atoms with Gasteiger partial charge in [-0.05, 0) is 55.3 Å². The number of anilines is 1. The molecule has 1 heterocycles. The Bertz CT molecular complexity index is 1050. The summed E-state index contributed by atoms with van der Waals surface area (Å²) < 4.78 is 38.3. The highest BCUT2D eigenvalue weighted by atomic mass is 79.9. The average Bonchev–Trinajstić information content (AvgIpc) is 3.01. The van der Waals surface area contributed by atoms with Crippen molar-refractivity contribution in [3.8, 4) is 5.75 Å². The molecule has 10 heteroatoms. The van der Waals surface area contributed by atoms with Crippen LogP contribution in [0.3, 0.4) is 0 Å². The molecule has 2 aromatic rings. The summed E-state index contributed by atoms with van der Waals surface area (Å²) in [5, 5.41) is 0.108. The predicted octanol–water partition coefficient (Wildman–Crippen LogP) is 3.38. The fourth-order valence-electron chi connectivity index (χ4n) is 3.32. The number of halogens is 2. The van der Waals surface area contributed by atoms with Gasteiger partial charge in [0.25, 0.3) is 5.91 Å². The number of fused-ring (bicyclic) bond motifs is 1. The molecule has 1 N–H and O–H groups in total. The van der Waals surface area contributed by atoms with E-state index in [1.165, 1.54) is 25.3 Å². The fraction of sp³-hybridized carbons (Fsp3) is 0.350. The predicted molar refractivity (Wildman–Crippen MR) is 119 cm³/mol. The second kappa shape index (κ2) is 9.65. The molecule has 162 valence electrons. The topological polar surface area (TPSA) is 84.9 Å². The molecule has 1 atom stereocenters. The van der Waals surface area contributed by atoms with Crippen LogP contribution < -0.4 is 14.4 Å². The minimum absolute atomic E-state index is 0.00921. The molecule has 1 aliphatic rings. The van der Waals surface area contributed by atoms with Crippen molar-refractivity contribution in [3.63, 3.8) is 0 Å². The molecular weight excluding hydrogens is 496 g/mol. The number of ether oxygens (including phenoxy) is 2. The summed E-state index contributed by atoms with van der Waals surface area (Å²) in [4.78, 5) is 14.5. The lowest BCUT2D eigenvalue weighted by atomic mass is 10.1. The van der Waals surface area contributed by atoms with E-state index in [0.29, 0.717) is 0 Å². The molecule has 30 heavy (non-hydrogen) atoms. The molecule has 0 bridgehead atoms. The summed E-state index contributed by atoms with van der Waals surface area (Å²) >= 11 is 9.65. The first kappa shape index (κ1) is 23.0. The zero-order chi connectivity index (χ0) is 21.9. The maximum atomic E-state index is 12.8. The maximum Gasteiger partial charge on any atom is 0.265 e. The second-order valence-corrected chi connectivity index (χ2v) is 9.95. The van der Waals surface area contributed by atoms with Crippen LogP contribution in [0, 0.1) is 0 Å². The van der Waals surface area contributed by atoms with Crippen molar-refractivity contribution in [2.24, 2.45) is 0 Å². The Labute approximate surface area is 189 Å². The van der Waals surface area contributed by atoms with Crippen molar-refractivity contribution in [1.29, 1.82) is 0 Å². The number of amides is 1. The Balaban J connectivity index is 1.67. The molecular formula is C20H22BrClN2O5S. The van der Waals surface area contributed by atoms with E-state index in [0.717, 1.165) is 22.1 Å². The SMILES string of the molecule is COCCNS(=O)(=O)c1ccc(OCC(=O)N2c3ccc(Br)cc3C[C@@H]2C)c(Cl)c1. The first-order valence-electron chi connectivity index (χ1n) is 9.24. The number of rotatable bonds is 8. The minimum Gasteiger partial charge on any atom is -0.482 e. The average molecular weight is 518 g/mol. The lowest BCUT2D eigenvalue weighted by Gasteiger charge is -2.23. The maximum absolute atomic E-state index is 12.8. The molecule has 0 aromatic heterocycles. The number of sulfonamides is 1. The van der Waals surface area contributed by atoms with E-state index in [9.17, 15) is 13.2 Å². The van der Waals surface area contributed by atoms with Gasteiger partial charge in [0.2, 0.25) is 10.0 Å². The van der Waals surface area contributed by atoms with Gasteiger partial charge in [-0.2, -0.15) is 0 Å². The highest BCUT2D eigenvalue weighted by Gasteiger charge is 2.31. The normalized spacial score (nSPS) is 15.9. The van der Waals surface area contributed by atoms with Crippen molar-refractivity contribution in [3.05, 3.63) is 51.5 Å². The van der Waals surface area contributed by atoms with Gasteiger partial charge in [-0.1, -0.05) is 27.5 Å². The van der Waals surface area contributed by atoms with Crippen LogP contribution in [0.2, 0.25) is 5.02 Å². The Morgan fingerprint density at radius 3 is 2.77 bits per heavy atom. The fourth-order valence-corrected chi connectivity index (χ4v) is 5.06. The molecule has 0 spiro atoms. The second-order valence-electron chi connectivity index (χ2n) is 6.86. The summed E-state index contributed by atoms with van der Waals surface area (Å²) in [5.41, 5.74) is 1.97. The molecule has 7 nitrogen and oxygen atoms in total. The van der Waals surface area contributed by atoms with E-state index < -0.39 is 10.0 Å². The van der Waals surface area contributed by atoms with E-state index in [-0.39, 0.29) is 47.4 Å². The number of nitrogens with zero attached hydrogens (tertiary/aromatic N) is 1. The number of benzene rings is 2. The number of methoxy groups -OCH3 is 1. The van der Waals surface area contributed by atoms with Crippen LogP contribution in [0.15, 0.2) is 45.8 Å². The van der Waals surface area contributed by atoms with Crippen molar-refractivity contribution >= 4 is 49.1 Å². The smallest absolute Gasteiger partial charge is 0.265 e. The van der Waals surface area contributed by atoms with Gasteiger partial charge >= 0.3 is 0 Å². The van der Waals surface area contributed by atoms with Crippen LogP contribution >= 0.6 is 27.5 Å². The molecule has 0 unspecified atom stereocenters. The van der Waals surface area contributed by atoms with Gasteiger partial charge in [0, 0.05) is 29.9 Å². The number of carbonyl (C=O) groups is 1. The van der Waals surface area contributed by atoms with Gasteiger partial charge < -0.3 is 14.4 Å². The largest absolute Gasteiger partial charge is 0.482 e. The summed E-state index contributed by atoms with van der Waals surface area (Å²) in [7, 11) is -2.22. The highest BCUT2D eigenvalue weighted by Crippen LogP contribution is 2.34. The number of hydrogen-bond acceptors (Lipinski definition) is 5. The molecule has 0 radical (unpaired) electrons. The van der Waals surface area contributed by atoms with Gasteiger partial charge in [-0.25, -0.2) is 13.1 Å². The van der Waals surface area contributed by atoms with Crippen molar-refractivity contribution in [2.45, 2.75) is 24.3 Å². The number of nitrogens with one attached hydrogen (secondary N) is 1. The van der Waals surface area contributed by atoms with Gasteiger partial charge in [0.05, 0.1) is 16.5 Å². The van der Waals surface area contributed by atoms with Gasteiger partial charge in [-0.3, -0.25) is 4.79 Å². The van der Waals surface area contributed by atoms with Crippen LogP contribution in [-0.4, -0.2) is 47.2 Å². The molecule has 3 rings (SSSR count). The van der Waals surface area contributed by atoms with Crippen LogP contribution in [0.25, 0.3) is 0 Å². The Hall–Kier alpha value is -1.65. The van der Waals surface area contributed by atoms with Crippen LogP contribution in [0.5, 0.6) is 5.75 Å². The Morgan fingerprint density at radius 2 is 2.07 bits per heavy atom. The van der Waals surface area contributed by atoms with Gasteiger partial charge in [0.15, 0.2) is 6.61 Å². The zero-order valence-corrected chi connectivity index (χ0v) is 19.7. The van der Waals surface area contributed by atoms with Crippen molar-refractivity contribution in [2.75, 3.05) is 31.8 Å². The summed E-state index contributed by atoms with van der Waals surface area (Å²) in [6.07, 6.45) is 0.768. The Kier molecular flexibility index (Phi) is 7.41. The van der Waals surface area contributed by atoms with E-state index >= 15 is 0 Å². The molecule has 0 saturated carbocycles. The van der Waals surface area contributed by atoms with E-state index in [1.807, 2.05) is 25.1 Å². The third kappa shape index (κ3) is 5.15. The highest BCUT2D eigenvalue weighted by molar-refractivity contribution is 9.10. The van der Waals surface area contributed by atoms with Gasteiger partial charge in [-0.15, -0.1) is 0 Å². The molecule has 0 saturated heterocycles. The molecule has 1 amide bonds. The lowest BCUT2D eigenvalue weighted by molar-refractivity contribution is -0.120.